The maximum Gasteiger partial charge on any atom is 0.103 e. The normalized spacial score (nSPS) is 17.8. The second-order valence-corrected chi connectivity index (χ2v) is 5.62. The Balaban J connectivity index is 1.87. The predicted molar refractivity (Wildman–Crippen MR) is 82.2 cm³/mol. The highest BCUT2D eigenvalue weighted by Gasteiger charge is 2.26. The number of aromatic nitrogens is 2. The largest absolute Gasteiger partial charge is 0.370 e. The molecule has 1 aliphatic rings. The van der Waals surface area contributed by atoms with Crippen molar-refractivity contribution in [2.45, 2.75) is 26.2 Å². The van der Waals surface area contributed by atoms with E-state index < -0.39 is 0 Å². The first kappa shape index (κ1) is 13.6. The third-order valence-corrected chi connectivity index (χ3v) is 4.19. The smallest absolute Gasteiger partial charge is 0.103 e. The van der Waals surface area contributed by atoms with Gasteiger partial charge in [0.1, 0.15) is 6.07 Å². The van der Waals surface area contributed by atoms with Gasteiger partial charge in [-0.3, -0.25) is 9.97 Å². The van der Waals surface area contributed by atoms with Gasteiger partial charge in [0.15, 0.2) is 0 Å². The summed E-state index contributed by atoms with van der Waals surface area (Å²) in [6.07, 6.45) is 6.59. The lowest BCUT2D eigenvalue weighted by Gasteiger charge is -2.20. The van der Waals surface area contributed by atoms with E-state index in [2.05, 4.69) is 33.9 Å². The molecule has 4 heteroatoms. The molecule has 0 aliphatic carbocycles. The van der Waals surface area contributed by atoms with Gasteiger partial charge < -0.3 is 4.90 Å². The Bertz CT molecular complexity index is 702. The van der Waals surface area contributed by atoms with Crippen LogP contribution in [0.4, 0.5) is 5.69 Å². The highest BCUT2D eigenvalue weighted by atomic mass is 15.2. The van der Waals surface area contributed by atoms with Gasteiger partial charge in [0.05, 0.1) is 11.3 Å². The summed E-state index contributed by atoms with van der Waals surface area (Å²) in [4.78, 5) is 10.8. The third kappa shape index (κ3) is 2.59. The van der Waals surface area contributed by atoms with Crippen LogP contribution < -0.4 is 4.90 Å². The summed E-state index contributed by atoms with van der Waals surface area (Å²) >= 11 is 0. The molecule has 0 radical (unpaired) electrons. The SMILES string of the molecule is Cc1cc(N2CC[C@H](c3cnccc3C)C2)c(C#N)cn1. The molecule has 2 aromatic heterocycles. The van der Waals surface area contributed by atoms with Crippen LogP contribution in [0, 0.1) is 25.2 Å². The Hall–Kier alpha value is -2.41. The molecule has 106 valence electrons. The number of aryl methyl sites for hydroxylation is 2. The zero-order valence-electron chi connectivity index (χ0n) is 12.4. The van der Waals surface area contributed by atoms with Crippen LogP contribution in [-0.2, 0) is 0 Å². The summed E-state index contributed by atoms with van der Waals surface area (Å²) in [7, 11) is 0. The molecule has 0 spiro atoms. The summed E-state index contributed by atoms with van der Waals surface area (Å²) < 4.78 is 0. The van der Waals surface area contributed by atoms with Crippen molar-refractivity contribution in [3.8, 4) is 6.07 Å². The number of hydrogen-bond donors (Lipinski definition) is 0. The molecule has 0 amide bonds. The molecule has 0 unspecified atom stereocenters. The Morgan fingerprint density at radius 3 is 2.95 bits per heavy atom. The summed E-state index contributed by atoms with van der Waals surface area (Å²) in [6.45, 7) is 6.00. The van der Waals surface area contributed by atoms with E-state index in [0.29, 0.717) is 11.5 Å². The van der Waals surface area contributed by atoms with Gasteiger partial charge in [-0.25, -0.2) is 0 Å². The van der Waals surface area contributed by atoms with Gasteiger partial charge >= 0.3 is 0 Å². The third-order valence-electron chi connectivity index (χ3n) is 4.19. The summed E-state index contributed by atoms with van der Waals surface area (Å²) in [6, 6.07) is 6.32. The van der Waals surface area contributed by atoms with E-state index in [9.17, 15) is 5.26 Å². The van der Waals surface area contributed by atoms with Gasteiger partial charge in [0.2, 0.25) is 0 Å². The molecule has 1 aliphatic heterocycles. The topological polar surface area (TPSA) is 52.8 Å². The Morgan fingerprint density at radius 2 is 2.19 bits per heavy atom. The van der Waals surface area contributed by atoms with Crippen molar-refractivity contribution in [1.29, 1.82) is 5.26 Å². The summed E-state index contributed by atoms with van der Waals surface area (Å²) in [5.41, 5.74) is 5.23. The average Bonchev–Trinajstić information content (AvgIpc) is 2.97. The number of hydrogen-bond acceptors (Lipinski definition) is 4. The maximum atomic E-state index is 9.27. The number of rotatable bonds is 2. The molecule has 0 saturated carbocycles. The Kier molecular flexibility index (Phi) is 3.57. The van der Waals surface area contributed by atoms with E-state index in [-0.39, 0.29) is 0 Å². The van der Waals surface area contributed by atoms with Gasteiger partial charge in [-0.2, -0.15) is 5.26 Å². The van der Waals surface area contributed by atoms with E-state index >= 15 is 0 Å². The first-order chi connectivity index (χ1) is 10.2. The first-order valence-electron chi connectivity index (χ1n) is 7.21. The van der Waals surface area contributed by atoms with Gasteiger partial charge in [-0.05, 0) is 43.5 Å². The van der Waals surface area contributed by atoms with Crippen LogP contribution in [0.15, 0.2) is 30.7 Å². The molecule has 0 bridgehead atoms. The van der Waals surface area contributed by atoms with Crippen molar-refractivity contribution >= 4 is 5.69 Å². The minimum atomic E-state index is 0.485. The molecule has 3 rings (SSSR count). The van der Waals surface area contributed by atoms with Crippen LogP contribution in [0.2, 0.25) is 0 Å². The molecule has 3 heterocycles. The second-order valence-electron chi connectivity index (χ2n) is 5.62. The van der Waals surface area contributed by atoms with Crippen molar-refractivity contribution < 1.29 is 0 Å². The van der Waals surface area contributed by atoms with Crippen LogP contribution >= 0.6 is 0 Å². The lowest BCUT2D eigenvalue weighted by atomic mass is 9.96. The highest BCUT2D eigenvalue weighted by molar-refractivity contribution is 5.60. The van der Waals surface area contributed by atoms with Crippen LogP contribution in [-0.4, -0.2) is 23.1 Å². The van der Waals surface area contributed by atoms with Crippen LogP contribution in [0.1, 0.15) is 34.7 Å². The summed E-state index contributed by atoms with van der Waals surface area (Å²) in [5, 5.41) is 9.27. The molecule has 1 saturated heterocycles. The zero-order valence-corrected chi connectivity index (χ0v) is 12.4. The van der Waals surface area contributed by atoms with E-state index in [1.807, 2.05) is 25.4 Å². The Morgan fingerprint density at radius 1 is 1.33 bits per heavy atom. The fraction of sp³-hybridized carbons (Fsp3) is 0.353. The number of anilines is 1. The lowest BCUT2D eigenvalue weighted by molar-refractivity contribution is 0.763. The number of nitrogens with zero attached hydrogens (tertiary/aromatic N) is 4. The maximum absolute atomic E-state index is 9.27. The molecule has 1 atom stereocenters. The van der Waals surface area contributed by atoms with E-state index in [1.54, 1.807) is 6.20 Å². The van der Waals surface area contributed by atoms with Crippen LogP contribution in [0.25, 0.3) is 0 Å². The van der Waals surface area contributed by atoms with Gasteiger partial charge in [0.25, 0.3) is 0 Å². The zero-order chi connectivity index (χ0) is 14.8. The summed E-state index contributed by atoms with van der Waals surface area (Å²) in [5.74, 6) is 0.485. The first-order valence-corrected chi connectivity index (χ1v) is 7.21. The van der Waals surface area contributed by atoms with E-state index in [4.69, 9.17) is 0 Å². The molecule has 2 aromatic rings. The van der Waals surface area contributed by atoms with Gasteiger partial charge in [0, 0.05) is 43.3 Å². The van der Waals surface area contributed by atoms with Crippen molar-refractivity contribution in [3.63, 3.8) is 0 Å². The molecule has 0 aromatic carbocycles. The van der Waals surface area contributed by atoms with Crippen molar-refractivity contribution in [2.75, 3.05) is 18.0 Å². The molecule has 1 fully saturated rings. The van der Waals surface area contributed by atoms with Crippen LogP contribution in [0.3, 0.4) is 0 Å². The molecule has 4 nitrogen and oxygen atoms in total. The lowest BCUT2D eigenvalue weighted by Crippen LogP contribution is -2.20. The fourth-order valence-corrected chi connectivity index (χ4v) is 3.03. The predicted octanol–water partition coefficient (Wildman–Crippen LogP) is 2.96. The van der Waals surface area contributed by atoms with E-state index in [0.717, 1.165) is 30.9 Å². The van der Waals surface area contributed by atoms with E-state index in [1.165, 1.54) is 11.1 Å². The monoisotopic (exact) mass is 278 g/mol. The van der Waals surface area contributed by atoms with Crippen molar-refractivity contribution in [2.24, 2.45) is 0 Å². The quantitative estimate of drug-likeness (QED) is 0.847. The van der Waals surface area contributed by atoms with Crippen molar-refractivity contribution in [3.05, 3.63) is 53.1 Å². The number of pyridine rings is 2. The molecular weight excluding hydrogens is 260 g/mol. The highest BCUT2D eigenvalue weighted by Crippen LogP contribution is 2.33. The second kappa shape index (κ2) is 5.53. The standard InChI is InChI=1S/C17H18N4/c1-12-3-5-19-10-16(12)14-4-6-21(11-14)17-7-13(2)20-9-15(17)8-18/h3,5,7,9-10,14H,4,6,11H2,1-2H3/t14-/m0/s1. The van der Waals surface area contributed by atoms with Gasteiger partial charge in [-0.1, -0.05) is 0 Å². The number of nitriles is 1. The molecule has 0 N–H and O–H groups in total. The molecule has 21 heavy (non-hydrogen) atoms. The van der Waals surface area contributed by atoms with Crippen molar-refractivity contribution in [1.82, 2.24) is 9.97 Å². The Labute approximate surface area is 125 Å². The fourth-order valence-electron chi connectivity index (χ4n) is 3.03. The van der Waals surface area contributed by atoms with Crippen LogP contribution in [0.5, 0.6) is 0 Å². The minimum Gasteiger partial charge on any atom is -0.370 e. The minimum absolute atomic E-state index is 0.485. The average molecular weight is 278 g/mol. The molecular formula is C17H18N4. The van der Waals surface area contributed by atoms with Gasteiger partial charge in [-0.15, -0.1) is 0 Å².